The molecular weight excluding hydrogens is 1590 g/mol. The van der Waals surface area contributed by atoms with E-state index in [1.54, 1.807) is 43.3 Å². The van der Waals surface area contributed by atoms with Gasteiger partial charge in [0.2, 0.25) is 35.6 Å². The van der Waals surface area contributed by atoms with Crippen LogP contribution in [0.4, 0.5) is 29.7 Å². The molecule has 0 bridgehead atoms. The Morgan fingerprint density at radius 1 is 0.417 bits per heavy atom. The van der Waals surface area contributed by atoms with Crippen LogP contribution in [0.2, 0.25) is 50.2 Å². The molecule has 4 aliphatic rings. The highest BCUT2D eigenvalue weighted by molar-refractivity contribution is 7.99. The molecule has 14 rings (SSSR count). The second kappa shape index (κ2) is 34.6. The van der Waals surface area contributed by atoms with Crippen molar-refractivity contribution in [2.75, 3.05) is 88.4 Å². The van der Waals surface area contributed by atoms with Crippen LogP contribution in [0.25, 0.3) is 56.9 Å². The number of amides is 1. The minimum Gasteiger partial charge on any atom is -0.495 e. The molecule has 103 heavy (non-hydrogen) atoms. The van der Waals surface area contributed by atoms with Gasteiger partial charge in [-0.05, 0) is 56.0 Å². The summed E-state index contributed by atoms with van der Waals surface area (Å²) in [7, 11) is 4.39. The minimum atomic E-state index is -0.333. The number of aryl methyl sites for hydroxylation is 1. The van der Waals surface area contributed by atoms with E-state index in [1.807, 2.05) is 6.26 Å². The number of anilines is 5. The molecule has 10 aromatic rings. The first kappa shape index (κ1) is 77.4. The van der Waals surface area contributed by atoms with Gasteiger partial charge in [-0.25, -0.2) is 15.0 Å². The number of nitrogens with two attached hydrogens (primary N) is 6. The fourth-order valence-corrected chi connectivity index (χ4v) is 14.6. The first-order valence-electron chi connectivity index (χ1n) is 29.9. The van der Waals surface area contributed by atoms with Crippen molar-refractivity contribution in [3.63, 3.8) is 0 Å². The van der Waals surface area contributed by atoms with Crippen LogP contribution in [0, 0.1) is 6.92 Å². The maximum Gasteiger partial charge on any atom is 0.321 e. The third-order valence-corrected chi connectivity index (χ3v) is 19.0. The summed E-state index contributed by atoms with van der Waals surface area (Å²) in [5.74, 6) is 6.27. The first-order chi connectivity index (χ1) is 49.2. The SMILES string of the molecule is COc1nc(N)nc(-c2c(Cl)cc(Cl)c3c2CCO3)n1.COc1nc(N)nc(-c2cc(OC)c(Cl)cc2Cl)n1.CSc1nc(N)nc(-c2c(Cl)cc(Cl)c3c2CCO3)n1.Cc1nc(N)nc(-c2c(Cl)cc(Cl)c3c2CCO3)n1.NC(=O)CCCSc1nc(N)nc(-c2c(Cl)cc(Cl)c3c2CCO3)n1. The van der Waals surface area contributed by atoms with E-state index in [9.17, 15) is 4.79 Å². The van der Waals surface area contributed by atoms with E-state index in [0.29, 0.717) is 205 Å². The predicted molar refractivity (Wildman–Crippen MR) is 401 cm³/mol. The summed E-state index contributed by atoms with van der Waals surface area (Å²) in [6.45, 7) is 3.96. The number of rotatable bonds is 14. The lowest BCUT2D eigenvalue weighted by Crippen LogP contribution is -2.10. The van der Waals surface area contributed by atoms with Crippen LogP contribution in [0.5, 0.6) is 40.8 Å². The normalized spacial score (nSPS) is 12.5. The van der Waals surface area contributed by atoms with Gasteiger partial charge < -0.3 is 67.6 Å². The lowest BCUT2D eigenvalue weighted by Gasteiger charge is -2.11. The number of ether oxygens (including phenoxy) is 7. The highest BCUT2D eigenvalue weighted by Crippen LogP contribution is 2.48. The van der Waals surface area contributed by atoms with Crippen LogP contribution in [0.15, 0.2) is 46.7 Å². The number of carbonyl (C=O) groups excluding carboxylic acids is 1. The quantitative estimate of drug-likeness (QED) is 0.0435. The molecule has 0 unspecified atom stereocenters. The van der Waals surface area contributed by atoms with Gasteiger partial charge in [0.05, 0.1) is 98.0 Å². The number of thioether (sulfide) groups is 2. The molecule has 12 N–H and O–H groups in total. The third-order valence-electron chi connectivity index (χ3n) is 14.6. The average Bonchev–Trinajstić information content (AvgIpc) is 1.74. The van der Waals surface area contributed by atoms with Crippen molar-refractivity contribution in [1.82, 2.24) is 74.8 Å². The molecule has 538 valence electrons. The lowest BCUT2D eigenvalue weighted by molar-refractivity contribution is -0.118. The van der Waals surface area contributed by atoms with Crippen molar-refractivity contribution in [3.05, 3.63) is 115 Å². The van der Waals surface area contributed by atoms with Crippen LogP contribution < -0.4 is 67.6 Å². The third kappa shape index (κ3) is 18.5. The van der Waals surface area contributed by atoms with Crippen molar-refractivity contribution in [2.45, 2.75) is 55.8 Å². The number of halogens is 10. The topological polar surface area (TPSA) is 431 Å². The van der Waals surface area contributed by atoms with Crippen LogP contribution >= 0.6 is 140 Å². The first-order valence-corrected chi connectivity index (χ1v) is 35.9. The number of nitrogen functional groups attached to an aromatic ring is 5. The zero-order chi connectivity index (χ0) is 74.1. The summed E-state index contributed by atoms with van der Waals surface area (Å²) in [6, 6.07) is 9.90. The van der Waals surface area contributed by atoms with Gasteiger partial charge in [-0.15, -0.1) is 0 Å². The van der Waals surface area contributed by atoms with Gasteiger partial charge in [-0.1, -0.05) is 140 Å². The Morgan fingerprint density at radius 3 is 1.16 bits per heavy atom. The van der Waals surface area contributed by atoms with Crippen molar-refractivity contribution < 1.29 is 38.0 Å². The van der Waals surface area contributed by atoms with Crippen molar-refractivity contribution >= 4 is 175 Å². The van der Waals surface area contributed by atoms with Crippen LogP contribution in [-0.2, 0) is 30.5 Å². The van der Waals surface area contributed by atoms with Crippen LogP contribution in [0.3, 0.4) is 0 Å². The minimum absolute atomic E-state index is 0.0341. The molecule has 9 heterocycles. The largest absolute Gasteiger partial charge is 0.495 e. The van der Waals surface area contributed by atoms with E-state index >= 15 is 0 Å². The Hall–Kier alpha value is -8.18. The maximum absolute atomic E-state index is 10.8. The molecule has 29 nitrogen and oxygen atoms in total. The summed E-state index contributed by atoms with van der Waals surface area (Å²) in [5.41, 5.74) is 40.4. The van der Waals surface area contributed by atoms with Gasteiger partial charge in [0, 0.05) is 87.9 Å². The second-order valence-electron chi connectivity index (χ2n) is 21.2. The molecule has 1 amide bonds. The van der Waals surface area contributed by atoms with E-state index in [-0.39, 0.29) is 53.5 Å². The Balaban J connectivity index is 0.000000139. The number of primary amides is 1. The lowest BCUT2D eigenvalue weighted by atomic mass is 10.0. The molecule has 0 fully saturated rings. The van der Waals surface area contributed by atoms with E-state index in [2.05, 4.69) is 74.8 Å². The molecule has 41 heteroatoms. The van der Waals surface area contributed by atoms with Crippen molar-refractivity contribution in [3.8, 4) is 97.7 Å². The molecule has 0 saturated carbocycles. The molecular formula is C62H55Cl10N21O8S2. The molecule has 0 saturated heterocycles. The monoisotopic (exact) mass is 1640 g/mol. The number of hydrogen-bond donors (Lipinski definition) is 6. The van der Waals surface area contributed by atoms with E-state index in [0.717, 1.165) is 34.2 Å². The van der Waals surface area contributed by atoms with Gasteiger partial charge in [-0.2, -0.15) is 59.8 Å². The summed E-state index contributed by atoms with van der Waals surface area (Å²) in [4.78, 5) is 72.6. The zero-order valence-corrected chi connectivity index (χ0v) is 63.5. The molecule has 4 aliphatic heterocycles. The number of carbonyl (C=O) groups is 1. The summed E-state index contributed by atoms with van der Waals surface area (Å²) in [6.07, 6.45) is 5.59. The predicted octanol–water partition coefficient (Wildman–Crippen LogP) is 13.3. The maximum atomic E-state index is 10.8. The smallest absolute Gasteiger partial charge is 0.321 e. The van der Waals surface area contributed by atoms with Gasteiger partial charge in [-0.3, -0.25) is 4.79 Å². The van der Waals surface area contributed by atoms with Crippen molar-refractivity contribution in [2.24, 2.45) is 5.73 Å². The van der Waals surface area contributed by atoms with Crippen LogP contribution in [-0.4, -0.2) is 140 Å². The summed E-state index contributed by atoms with van der Waals surface area (Å²) >= 11 is 64.6. The Morgan fingerprint density at radius 2 is 0.767 bits per heavy atom. The fraction of sp³-hybridized carbons (Fsp3) is 0.258. The molecule has 5 aromatic carbocycles. The molecule has 0 aliphatic carbocycles. The fourth-order valence-electron chi connectivity index (χ4n) is 10.3. The van der Waals surface area contributed by atoms with Gasteiger partial charge >= 0.3 is 12.0 Å². The standard InChI is InChI=1S/C15H15Cl2N5O2S.C12H10Cl2N4O2.C12H10Cl2N4OS.C12H10Cl2N4O.C11H10Cl2N4O2/c16-8-6-9(17)12-7(3-4-24-12)11(8)13-20-14(19)22-15(21-13)25-5-1-2-10(18)23;1-19-12-17-10(16-11(15)18-12)8-5-2-3-20-9(5)7(14)4-6(8)13;1-20-12-17-10(16-11(15)18-12)8-5-2-3-19-9(5)7(14)4-6(8)13;1-5-16-11(18-12(15)17-5)9-6-2-3-19-10(6)8(14)4-7(9)13;1-18-8-3-5(6(12)4-7(8)13)9-15-10(14)17-11(16-9)19-2/h6H,1-5H2,(H2,18,23)(H2,19,20,21,22);2*4H,2-3H2,1H3,(H2,15,16,17,18);4H,2-3H2,1H3,(H2,15,16,17,18);3-4H,1-2H3,(H2,14,15,16,17). The van der Waals surface area contributed by atoms with Crippen LogP contribution in [0.1, 0.15) is 40.9 Å². The van der Waals surface area contributed by atoms with E-state index in [1.165, 1.54) is 44.9 Å². The Labute approximate surface area is 645 Å². The summed E-state index contributed by atoms with van der Waals surface area (Å²) in [5, 5.41) is 5.55. The molecule has 0 radical (unpaired) electrons. The number of benzene rings is 5. The average molecular weight is 1640 g/mol. The highest BCUT2D eigenvalue weighted by atomic mass is 35.5. The van der Waals surface area contributed by atoms with E-state index in [4.69, 9.17) is 184 Å². The number of nitrogens with zero attached hydrogens (tertiary/aromatic N) is 15. The second-order valence-corrected chi connectivity index (χ2v) is 27.2. The molecule has 5 aromatic heterocycles. The zero-order valence-electron chi connectivity index (χ0n) is 54.3. The highest BCUT2D eigenvalue weighted by Gasteiger charge is 2.30. The van der Waals surface area contributed by atoms with Gasteiger partial charge in [0.15, 0.2) is 39.4 Å². The Kier molecular flexibility index (Phi) is 26.0. The molecule has 0 spiro atoms. The number of hydrogen-bond acceptors (Lipinski definition) is 30. The number of methoxy groups -OCH3 is 3. The van der Waals surface area contributed by atoms with Gasteiger partial charge in [0.25, 0.3) is 0 Å². The van der Waals surface area contributed by atoms with Crippen molar-refractivity contribution in [1.29, 1.82) is 0 Å². The Bertz CT molecular complexity index is 4780. The van der Waals surface area contributed by atoms with Gasteiger partial charge in [0.1, 0.15) is 34.6 Å². The number of fused-ring (bicyclic) bond motifs is 4. The van der Waals surface area contributed by atoms with E-state index < -0.39 is 0 Å². The molecule has 0 atom stereocenters. The number of aromatic nitrogens is 15. The summed E-state index contributed by atoms with van der Waals surface area (Å²) < 4.78 is 37.2.